The highest BCUT2D eigenvalue weighted by molar-refractivity contribution is 7.89. The van der Waals surface area contributed by atoms with Crippen molar-refractivity contribution in [2.45, 2.75) is 4.90 Å². The van der Waals surface area contributed by atoms with Crippen molar-refractivity contribution in [1.29, 1.82) is 0 Å². The summed E-state index contributed by atoms with van der Waals surface area (Å²) in [5, 5.41) is 21.9. The number of methoxy groups -OCH3 is 2. The fourth-order valence-corrected chi connectivity index (χ4v) is 1.84. The van der Waals surface area contributed by atoms with Crippen molar-refractivity contribution in [1.82, 2.24) is 0 Å². The number of esters is 1. The third kappa shape index (κ3) is 4.91. The molecule has 120 valence electrons. The molecule has 9 nitrogen and oxygen atoms in total. The number of hydrogen-bond donors (Lipinski definition) is 2. The Kier molecular flexibility index (Phi) is 6.16. The first-order valence-corrected chi connectivity index (χ1v) is 7.38. The molecular weight excluding hydrogens is 314 g/mol. The molecule has 0 aliphatic rings. The molecule has 1 aromatic carbocycles. The van der Waals surface area contributed by atoms with Crippen LogP contribution in [0.4, 0.5) is 5.69 Å². The van der Waals surface area contributed by atoms with E-state index in [-0.39, 0.29) is 17.2 Å². The van der Waals surface area contributed by atoms with Crippen LogP contribution >= 0.6 is 0 Å². The topological polar surface area (TPSA) is 141 Å². The summed E-state index contributed by atoms with van der Waals surface area (Å²) < 4.78 is 31.4. The number of primary sulfonamides is 1. The van der Waals surface area contributed by atoms with Gasteiger partial charge in [-0.1, -0.05) is 0 Å². The predicted octanol–water partition coefficient (Wildman–Crippen LogP) is 1.01. The first-order chi connectivity index (χ1) is 10.3. The van der Waals surface area contributed by atoms with Crippen LogP contribution in [-0.4, -0.2) is 40.3 Å². The average molecular weight is 329 g/mol. The lowest BCUT2D eigenvalue weighted by molar-refractivity contribution is -0.136. The number of aliphatic hydroxyl groups is 1. The molecule has 0 amide bonds. The van der Waals surface area contributed by atoms with E-state index >= 15 is 0 Å². The smallest absolute Gasteiger partial charge is 0.362 e. The van der Waals surface area contributed by atoms with Gasteiger partial charge in [0.25, 0.3) is 0 Å². The molecule has 0 fully saturated rings. The first kappa shape index (κ1) is 17.8. The summed E-state index contributed by atoms with van der Waals surface area (Å²) in [4.78, 5) is 11.4. The molecule has 0 aromatic heterocycles. The van der Waals surface area contributed by atoms with Gasteiger partial charge in [0.05, 0.1) is 17.7 Å². The van der Waals surface area contributed by atoms with Gasteiger partial charge in [-0.25, -0.2) is 18.4 Å². The predicted molar refractivity (Wildman–Crippen MR) is 75.9 cm³/mol. The number of nitrogens with two attached hydrogens (primary N) is 1. The van der Waals surface area contributed by atoms with Crippen LogP contribution in [0.2, 0.25) is 0 Å². The molecule has 0 radical (unpaired) electrons. The Hall–Kier alpha value is -2.30. The fraction of sp³-hybridized carbons (Fsp3) is 0.250. The Morgan fingerprint density at radius 1 is 1.27 bits per heavy atom. The average Bonchev–Trinajstić information content (AvgIpc) is 2.47. The van der Waals surface area contributed by atoms with E-state index in [1.807, 2.05) is 0 Å². The fourth-order valence-electron chi connectivity index (χ4n) is 1.33. The molecule has 0 aliphatic carbocycles. The number of sulfonamides is 1. The summed E-state index contributed by atoms with van der Waals surface area (Å²) in [6.45, 7) is -0.242. The van der Waals surface area contributed by atoms with Crippen molar-refractivity contribution in [2.75, 3.05) is 20.8 Å². The molecule has 0 unspecified atom stereocenters. The second kappa shape index (κ2) is 7.64. The summed E-state index contributed by atoms with van der Waals surface area (Å²) in [5.41, 5.74) is -0.168. The maximum atomic E-state index is 11.5. The highest BCUT2D eigenvalue weighted by Crippen LogP contribution is 2.18. The Balaban J connectivity index is 3.06. The second-order valence-corrected chi connectivity index (χ2v) is 5.52. The van der Waals surface area contributed by atoms with Gasteiger partial charge in [0.1, 0.15) is 6.61 Å². The quantitative estimate of drug-likeness (QED) is 0.345. The lowest BCUT2D eigenvalue weighted by atomic mass is 10.3. The maximum absolute atomic E-state index is 11.5. The van der Waals surface area contributed by atoms with Crippen LogP contribution < -0.4 is 5.14 Å². The van der Waals surface area contributed by atoms with Crippen LogP contribution in [0, 0.1) is 0 Å². The van der Waals surface area contributed by atoms with Crippen LogP contribution in [0.5, 0.6) is 0 Å². The van der Waals surface area contributed by atoms with E-state index in [4.69, 9.17) is 5.14 Å². The summed E-state index contributed by atoms with van der Waals surface area (Å²) in [5.74, 6) is -1.33. The standard InChI is InChI=1S/C12H15N3O6S/c1-20-7-10(16)11(12(17)21-2)15-14-8-3-5-9(6-4-8)22(13,18)19/h3-6,16H,7H2,1-2H3,(H2,13,18,19)/b11-10+,15-14?. The molecule has 22 heavy (non-hydrogen) atoms. The number of azo groups is 1. The van der Waals surface area contributed by atoms with E-state index in [1.54, 1.807) is 0 Å². The van der Waals surface area contributed by atoms with Crippen molar-refractivity contribution in [3.63, 3.8) is 0 Å². The maximum Gasteiger partial charge on any atom is 0.362 e. The number of ether oxygens (including phenoxy) is 2. The minimum atomic E-state index is -3.80. The number of hydrogen-bond acceptors (Lipinski definition) is 8. The minimum Gasteiger partial charge on any atom is -0.507 e. The molecule has 0 atom stereocenters. The number of carbonyl (C=O) groups is 1. The summed E-state index contributed by atoms with van der Waals surface area (Å²) in [7, 11) is -1.35. The Bertz CT molecular complexity index is 694. The monoisotopic (exact) mass is 329 g/mol. The lowest BCUT2D eigenvalue weighted by Gasteiger charge is -2.03. The van der Waals surface area contributed by atoms with Crippen LogP contribution in [0.1, 0.15) is 0 Å². The van der Waals surface area contributed by atoms with Crippen LogP contribution in [-0.2, 0) is 24.3 Å². The minimum absolute atomic E-state index is 0.0857. The Morgan fingerprint density at radius 3 is 2.32 bits per heavy atom. The molecule has 0 saturated heterocycles. The molecular formula is C12H15N3O6S. The largest absolute Gasteiger partial charge is 0.507 e. The van der Waals surface area contributed by atoms with Crippen LogP contribution in [0.25, 0.3) is 0 Å². The lowest BCUT2D eigenvalue weighted by Crippen LogP contribution is -2.11. The van der Waals surface area contributed by atoms with Crippen molar-refractivity contribution < 1.29 is 27.8 Å². The van der Waals surface area contributed by atoms with Gasteiger partial charge in [0, 0.05) is 7.11 Å². The van der Waals surface area contributed by atoms with E-state index in [1.165, 1.54) is 31.4 Å². The zero-order valence-electron chi connectivity index (χ0n) is 11.9. The third-order valence-electron chi connectivity index (χ3n) is 2.36. The summed E-state index contributed by atoms with van der Waals surface area (Å²) >= 11 is 0. The van der Waals surface area contributed by atoms with Crippen molar-refractivity contribution in [3.05, 3.63) is 35.7 Å². The molecule has 0 bridgehead atoms. The summed E-state index contributed by atoms with van der Waals surface area (Å²) in [6.07, 6.45) is 0. The second-order valence-electron chi connectivity index (χ2n) is 3.96. The molecule has 0 heterocycles. The molecule has 1 aromatic rings. The Morgan fingerprint density at radius 2 is 1.86 bits per heavy atom. The summed E-state index contributed by atoms with van der Waals surface area (Å²) in [6, 6.07) is 5.15. The van der Waals surface area contributed by atoms with E-state index in [0.29, 0.717) is 0 Å². The van der Waals surface area contributed by atoms with Gasteiger partial charge in [-0.15, -0.1) is 5.11 Å². The van der Waals surface area contributed by atoms with E-state index < -0.39 is 27.4 Å². The number of benzene rings is 1. The van der Waals surface area contributed by atoms with Gasteiger partial charge in [-0.2, -0.15) is 5.11 Å². The van der Waals surface area contributed by atoms with Crippen molar-refractivity contribution in [2.24, 2.45) is 15.4 Å². The Labute approximate surface area is 127 Å². The number of rotatable bonds is 6. The normalized spacial score (nSPS) is 13.0. The zero-order chi connectivity index (χ0) is 16.8. The first-order valence-electron chi connectivity index (χ1n) is 5.83. The van der Waals surface area contributed by atoms with Crippen LogP contribution in [0.15, 0.2) is 50.8 Å². The van der Waals surface area contributed by atoms with E-state index in [0.717, 1.165) is 7.11 Å². The van der Waals surface area contributed by atoms with Crippen LogP contribution in [0.3, 0.4) is 0 Å². The van der Waals surface area contributed by atoms with Gasteiger partial charge in [0.15, 0.2) is 5.76 Å². The van der Waals surface area contributed by atoms with Crippen molar-refractivity contribution >= 4 is 21.7 Å². The molecule has 1 rings (SSSR count). The SMILES string of the molecule is COC/C(O)=C(\N=Nc1ccc(S(N)(=O)=O)cc1)C(=O)OC. The van der Waals surface area contributed by atoms with Gasteiger partial charge >= 0.3 is 5.97 Å². The van der Waals surface area contributed by atoms with E-state index in [2.05, 4.69) is 19.7 Å². The molecule has 0 saturated carbocycles. The van der Waals surface area contributed by atoms with E-state index in [9.17, 15) is 18.3 Å². The number of aliphatic hydroxyl groups excluding tert-OH is 1. The van der Waals surface area contributed by atoms with Gasteiger partial charge in [-0.05, 0) is 24.3 Å². The van der Waals surface area contributed by atoms with Gasteiger partial charge < -0.3 is 14.6 Å². The molecule has 3 N–H and O–H groups in total. The van der Waals surface area contributed by atoms with Gasteiger partial charge in [0.2, 0.25) is 15.7 Å². The highest BCUT2D eigenvalue weighted by atomic mass is 32.2. The van der Waals surface area contributed by atoms with Gasteiger partial charge in [-0.3, -0.25) is 0 Å². The third-order valence-corrected chi connectivity index (χ3v) is 3.29. The van der Waals surface area contributed by atoms with Crippen molar-refractivity contribution in [3.8, 4) is 0 Å². The number of nitrogens with zero attached hydrogens (tertiary/aromatic N) is 2. The highest BCUT2D eigenvalue weighted by Gasteiger charge is 2.16. The molecule has 0 aliphatic heterocycles. The molecule has 0 spiro atoms. The number of carbonyl (C=O) groups excluding carboxylic acids is 1. The zero-order valence-corrected chi connectivity index (χ0v) is 12.7. The molecule has 10 heteroatoms.